The number of hydrogen-bond acceptors (Lipinski definition) is 6. The highest BCUT2D eigenvalue weighted by Gasteiger charge is 2.25. The molecule has 9 nitrogen and oxygen atoms in total. The van der Waals surface area contributed by atoms with E-state index in [1.807, 2.05) is 24.3 Å². The molecule has 0 fully saturated rings. The summed E-state index contributed by atoms with van der Waals surface area (Å²) in [5.74, 6) is 9.68. The first kappa shape index (κ1) is 26.1. The predicted octanol–water partition coefficient (Wildman–Crippen LogP) is -0.308. The molecule has 176 valence electrons. The lowest BCUT2D eigenvalue weighted by Gasteiger charge is -2.19. The van der Waals surface area contributed by atoms with Gasteiger partial charge in [-0.15, -0.1) is 0 Å². The van der Waals surface area contributed by atoms with Crippen LogP contribution < -0.4 is 21.8 Å². The Bertz CT molecular complexity index is 1120. The normalized spacial score (nSPS) is 11.5. The number of amides is 3. The molecule has 34 heavy (non-hydrogen) atoms. The standard InChI is InChI=1S/C25H26N4O5/c1-17(30)23(25(33)29-34)28-24(32)21-12-10-19(11-13-21)5-3-2-4-18-6-8-20(9-7-18)16-22(31)27-15-14-26/h6-13,17,23,30,34H,14-16,26H2,1H3,(H,27,31)(H,28,32)(H,29,33). The molecule has 0 aliphatic carbocycles. The van der Waals surface area contributed by atoms with Gasteiger partial charge in [0.1, 0.15) is 6.04 Å². The average Bonchev–Trinajstić information content (AvgIpc) is 2.84. The van der Waals surface area contributed by atoms with Crippen LogP contribution in [0.4, 0.5) is 0 Å². The lowest BCUT2D eigenvalue weighted by Crippen LogP contribution is -2.51. The van der Waals surface area contributed by atoms with Gasteiger partial charge in [0.25, 0.3) is 11.8 Å². The Morgan fingerprint density at radius 1 is 0.971 bits per heavy atom. The highest BCUT2D eigenvalue weighted by Crippen LogP contribution is 2.06. The van der Waals surface area contributed by atoms with Crippen molar-refractivity contribution in [2.75, 3.05) is 13.1 Å². The number of benzene rings is 2. The summed E-state index contributed by atoms with van der Waals surface area (Å²) in [6.07, 6.45) is -0.924. The third-order valence-corrected chi connectivity index (χ3v) is 4.57. The number of aliphatic hydroxyl groups excluding tert-OH is 1. The zero-order chi connectivity index (χ0) is 24.9. The molecule has 2 rings (SSSR count). The summed E-state index contributed by atoms with van der Waals surface area (Å²) in [5.41, 5.74) is 9.27. The molecular formula is C25H26N4O5. The molecule has 0 aliphatic heterocycles. The molecule has 0 heterocycles. The molecule has 0 radical (unpaired) electrons. The summed E-state index contributed by atoms with van der Waals surface area (Å²) >= 11 is 0. The van der Waals surface area contributed by atoms with Gasteiger partial charge in [0.2, 0.25) is 5.91 Å². The Hall–Kier alpha value is -4.15. The molecule has 2 aromatic carbocycles. The van der Waals surface area contributed by atoms with Crippen LogP contribution in [0.3, 0.4) is 0 Å². The second kappa shape index (κ2) is 13.4. The number of hydroxylamine groups is 1. The number of carbonyl (C=O) groups is 3. The van der Waals surface area contributed by atoms with Crippen LogP contribution >= 0.6 is 0 Å². The summed E-state index contributed by atoms with van der Waals surface area (Å²) in [5, 5.41) is 23.4. The molecule has 2 atom stereocenters. The molecule has 7 N–H and O–H groups in total. The Morgan fingerprint density at radius 2 is 1.53 bits per heavy atom. The van der Waals surface area contributed by atoms with Crippen molar-refractivity contribution >= 4 is 17.7 Å². The highest BCUT2D eigenvalue weighted by atomic mass is 16.5. The summed E-state index contributed by atoms with van der Waals surface area (Å²) in [6, 6.07) is 12.3. The molecule has 0 bridgehead atoms. The Balaban J connectivity index is 1.95. The molecule has 3 amide bonds. The highest BCUT2D eigenvalue weighted by molar-refractivity contribution is 5.97. The van der Waals surface area contributed by atoms with Gasteiger partial charge in [-0.3, -0.25) is 19.6 Å². The molecule has 0 aliphatic rings. The maximum atomic E-state index is 12.3. The van der Waals surface area contributed by atoms with Gasteiger partial charge >= 0.3 is 0 Å². The van der Waals surface area contributed by atoms with Crippen molar-refractivity contribution in [2.24, 2.45) is 5.73 Å². The minimum atomic E-state index is -1.30. The maximum absolute atomic E-state index is 12.3. The first-order chi connectivity index (χ1) is 16.3. The van der Waals surface area contributed by atoms with Crippen molar-refractivity contribution in [3.8, 4) is 23.7 Å². The van der Waals surface area contributed by atoms with E-state index in [1.165, 1.54) is 24.5 Å². The second-order valence-corrected chi connectivity index (χ2v) is 7.26. The molecule has 9 heteroatoms. The van der Waals surface area contributed by atoms with Gasteiger partial charge in [0, 0.05) is 29.8 Å². The smallest absolute Gasteiger partial charge is 0.268 e. The minimum absolute atomic E-state index is 0.0860. The van der Waals surface area contributed by atoms with Gasteiger partial charge in [-0.05, 0) is 60.7 Å². The van der Waals surface area contributed by atoms with Crippen molar-refractivity contribution in [2.45, 2.75) is 25.5 Å². The van der Waals surface area contributed by atoms with E-state index in [0.29, 0.717) is 18.7 Å². The van der Waals surface area contributed by atoms with Gasteiger partial charge in [-0.25, -0.2) is 5.48 Å². The molecule has 0 spiro atoms. The lowest BCUT2D eigenvalue weighted by molar-refractivity contribution is -0.133. The van der Waals surface area contributed by atoms with Crippen LogP contribution in [0.1, 0.15) is 34.0 Å². The Labute approximate surface area is 197 Å². The maximum Gasteiger partial charge on any atom is 0.268 e. The summed E-state index contributed by atoms with van der Waals surface area (Å²) < 4.78 is 0. The van der Waals surface area contributed by atoms with E-state index < -0.39 is 24.0 Å². The van der Waals surface area contributed by atoms with Crippen LogP contribution in [0.5, 0.6) is 0 Å². The average molecular weight is 463 g/mol. The zero-order valence-electron chi connectivity index (χ0n) is 18.6. The van der Waals surface area contributed by atoms with E-state index in [0.717, 1.165) is 11.1 Å². The molecule has 2 unspecified atom stereocenters. The number of carbonyl (C=O) groups excluding carboxylic acids is 3. The second-order valence-electron chi connectivity index (χ2n) is 7.26. The van der Waals surface area contributed by atoms with E-state index in [2.05, 4.69) is 34.3 Å². The van der Waals surface area contributed by atoms with Crippen LogP contribution in [0.2, 0.25) is 0 Å². The molecule has 0 aromatic heterocycles. The van der Waals surface area contributed by atoms with E-state index in [9.17, 15) is 19.5 Å². The SMILES string of the molecule is CC(O)C(NC(=O)c1ccc(C#CC#Cc2ccc(CC(=O)NCCN)cc2)cc1)C(=O)NO. The van der Waals surface area contributed by atoms with Gasteiger partial charge in [-0.1, -0.05) is 24.0 Å². The quantitative estimate of drug-likeness (QED) is 0.180. The van der Waals surface area contributed by atoms with Crippen molar-refractivity contribution in [3.63, 3.8) is 0 Å². The summed E-state index contributed by atoms with van der Waals surface area (Å²) in [6.45, 7) is 2.16. The van der Waals surface area contributed by atoms with Gasteiger partial charge in [-0.2, -0.15) is 0 Å². The Morgan fingerprint density at radius 3 is 2.03 bits per heavy atom. The van der Waals surface area contributed by atoms with Crippen molar-refractivity contribution in [1.82, 2.24) is 16.1 Å². The summed E-state index contributed by atoms with van der Waals surface area (Å²) in [7, 11) is 0. The van der Waals surface area contributed by atoms with E-state index >= 15 is 0 Å². The first-order valence-electron chi connectivity index (χ1n) is 10.4. The monoisotopic (exact) mass is 462 g/mol. The molecule has 0 saturated carbocycles. The van der Waals surface area contributed by atoms with Crippen LogP contribution in [0.25, 0.3) is 0 Å². The van der Waals surface area contributed by atoms with Gasteiger partial charge in [0.15, 0.2) is 0 Å². The van der Waals surface area contributed by atoms with Crippen LogP contribution in [0.15, 0.2) is 48.5 Å². The third kappa shape index (κ3) is 8.41. The third-order valence-electron chi connectivity index (χ3n) is 4.57. The number of nitrogens with one attached hydrogen (secondary N) is 3. The zero-order valence-corrected chi connectivity index (χ0v) is 18.6. The largest absolute Gasteiger partial charge is 0.391 e. The fourth-order valence-electron chi connectivity index (χ4n) is 2.78. The fraction of sp³-hybridized carbons (Fsp3) is 0.240. The number of nitrogens with two attached hydrogens (primary N) is 1. The minimum Gasteiger partial charge on any atom is -0.391 e. The van der Waals surface area contributed by atoms with E-state index in [-0.39, 0.29) is 17.9 Å². The molecular weight excluding hydrogens is 436 g/mol. The van der Waals surface area contributed by atoms with Crippen molar-refractivity contribution in [3.05, 3.63) is 70.8 Å². The number of aliphatic hydroxyl groups is 1. The topological polar surface area (TPSA) is 154 Å². The number of hydrogen-bond donors (Lipinski definition) is 6. The predicted molar refractivity (Wildman–Crippen MR) is 125 cm³/mol. The van der Waals surface area contributed by atoms with Crippen LogP contribution in [-0.2, 0) is 16.0 Å². The van der Waals surface area contributed by atoms with Crippen molar-refractivity contribution < 1.29 is 24.7 Å². The van der Waals surface area contributed by atoms with Gasteiger partial charge < -0.3 is 21.5 Å². The fourth-order valence-corrected chi connectivity index (χ4v) is 2.78. The Kier molecular flexibility index (Phi) is 10.3. The first-order valence-corrected chi connectivity index (χ1v) is 10.4. The van der Waals surface area contributed by atoms with E-state index in [1.54, 1.807) is 12.1 Å². The van der Waals surface area contributed by atoms with Crippen LogP contribution in [-0.4, -0.2) is 53.3 Å². The van der Waals surface area contributed by atoms with E-state index in [4.69, 9.17) is 10.9 Å². The number of rotatable bonds is 8. The van der Waals surface area contributed by atoms with Crippen molar-refractivity contribution in [1.29, 1.82) is 0 Å². The molecule has 2 aromatic rings. The summed E-state index contributed by atoms with van der Waals surface area (Å²) in [4.78, 5) is 35.5. The van der Waals surface area contributed by atoms with Gasteiger partial charge in [0.05, 0.1) is 12.5 Å². The molecule has 0 saturated heterocycles. The van der Waals surface area contributed by atoms with Crippen LogP contribution in [0, 0.1) is 23.7 Å². The lowest BCUT2D eigenvalue weighted by atomic mass is 10.1.